The van der Waals surface area contributed by atoms with E-state index in [2.05, 4.69) is 10.6 Å². The maximum absolute atomic E-state index is 11.1. The molecule has 0 saturated heterocycles. The zero-order valence-electron chi connectivity index (χ0n) is 8.45. The predicted molar refractivity (Wildman–Crippen MR) is 57.0 cm³/mol. The number of nitrogens with one attached hydrogen (secondary N) is 2. The summed E-state index contributed by atoms with van der Waals surface area (Å²) in [5.41, 5.74) is 6.61. The van der Waals surface area contributed by atoms with E-state index >= 15 is 0 Å². The Morgan fingerprint density at radius 2 is 2.31 bits per heavy atom. The minimum absolute atomic E-state index is 0.176. The van der Waals surface area contributed by atoms with Crippen molar-refractivity contribution < 1.29 is 14.3 Å². The minimum atomic E-state index is -0.538. The van der Waals surface area contributed by atoms with Gasteiger partial charge < -0.3 is 21.1 Å². The highest BCUT2D eigenvalue weighted by Gasteiger charge is 2.14. The number of nitrogens with two attached hydrogens (primary N) is 1. The van der Waals surface area contributed by atoms with Crippen LogP contribution in [0, 0.1) is 0 Å². The van der Waals surface area contributed by atoms with Gasteiger partial charge in [0.1, 0.15) is 5.75 Å². The lowest BCUT2D eigenvalue weighted by atomic mass is 10.1. The summed E-state index contributed by atoms with van der Waals surface area (Å²) in [7, 11) is 0. The Kier molecular flexibility index (Phi) is 2.63. The van der Waals surface area contributed by atoms with Crippen LogP contribution in [0.1, 0.15) is 5.56 Å². The van der Waals surface area contributed by atoms with Crippen LogP contribution in [0.5, 0.6) is 5.75 Å². The van der Waals surface area contributed by atoms with Crippen molar-refractivity contribution >= 4 is 17.6 Å². The summed E-state index contributed by atoms with van der Waals surface area (Å²) >= 11 is 0. The van der Waals surface area contributed by atoms with Crippen molar-refractivity contribution in [3.63, 3.8) is 0 Å². The first kappa shape index (κ1) is 10.3. The van der Waals surface area contributed by atoms with Gasteiger partial charge in [0.15, 0.2) is 6.61 Å². The van der Waals surface area contributed by atoms with Gasteiger partial charge in [0.05, 0.1) is 5.69 Å². The molecule has 2 rings (SSSR count). The van der Waals surface area contributed by atoms with E-state index in [-0.39, 0.29) is 12.6 Å². The van der Waals surface area contributed by atoms with Crippen LogP contribution in [0.3, 0.4) is 0 Å². The van der Waals surface area contributed by atoms with Gasteiger partial charge in [0.2, 0.25) is 0 Å². The van der Waals surface area contributed by atoms with E-state index in [1.165, 1.54) is 0 Å². The Labute approximate surface area is 91.8 Å². The van der Waals surface area contributed by atoms with E-state index in [9.17, 15) is 9.59 Å². The number of hydrogen-bond donors (Lipinski definition) is 3. The topological polar surface area (TPSA) is 93.5 Å². The molecule has 4 N–H and O–H groups in total. The Morgan fingerprint density at radius 1 is 1.50 bits per heavy atom. The number of anilines is 1. The van der Waals surface area contributed by atoms with Crippen LogP contribution in [0.2, 0.25) is 0 Å². The number of fused-ring (bicyclic) bond motifs is 1. The molecule has 1 aromatic rings. The number of urea groups is 1. The third-order valence-electron chi connectivity index (χ3n) is 2.15. The van der Waals surface area contributed by atoms with Gasteiger partial charge in [-0.25, -0.2) is 4.79 Å². The number of hydrogen-bond acceptors (Lipinski definition) is 3. The molecule has 0 bridgehead atoms. The van der Waals surface area contributed by atoms with Crippen molar-refractivity contribution in [2.75, 3.05) is 11.9 Å². The van der Waals surface area contributed by atoms with E-state index in [1.54, 1.807) is 12.1 Å². The molecule has 0 aliphatic carbocycles. The number of benzene rings is 1. The largest absolute Gasteiger partial charge is 0.484 e. The summed E-state index contributed by atoms with van der Waals surface area (Å²) in [5, 5.41) is 5.28. The lowest BCUT2D eigenvalue weighted by Gasteiger charge is -2.18. The molecule has 3 amide bonds. The molecule has 0 fully saturated rings. The smallest absolute Gasteiger partial charge is 0.319 e. The van der Waals surface area contributed by atoms with Crippen LogP contribution in [0.15, 0.2) is 18.2 Å². The molecule has 16 heavy (non-hydrogen) atoms. The summed E-state index contributed by atoms with van der Waals surface area (Å²) in [6.45, 7) is 0.308. The number of carbonyl (C=O) groups excluding carboxylic acids is 2. The maximum Gasteiger partial charge on any atom is 0.319 e. The van der Waals surface area contributed by atoms with Crippen molar-refractivity contribution in [2.24, 2.45) is 5.73 Å². The first-order valence-corrected chi connectivity index (χ1v) is 4.74. The molecule has 1 aliphatic rings. The second-order valence-electron chi connectivity index (χ2n) is 3.38. The number of ether oxygens (including phenoxy) is 1. The van der Waals surface area contributed by atoms with Crippen LogP contribution in [0.4, 0.5) is 10.5 Å². The molecular formula is C10H11N3O3. The van der Waals surface area contributed by atoms with Crippen molar-refractivity contribution in [1.29, 1.82) is 0 Å². The minimum Gasteiger partial charge on any atom is -0.484 e. The highest BCUT2D eigenvalue weighted by Crippen LogP contribution is 2.24. The van der Waals surface area contributed by atoms with Gasteiger partial charge >= 0.3 is 6.03 Å². The fourth-order valence-electron chi connectivity index (χ4n) is 1.41. The molecule has 0 radical (unpaired) electrons. The second-order valence-corrected chi connectivity index (χ2v) is 3.38. The first-order chi connectivity index (χ1) is 7.65. The Balaban J connectivity index is 2.14. The number of carbonyl (C=O) groups is 2. The molecule has 0 aromatic heterocycles. The molecular weight excluding hydrogens is 210 g/mol. The van der Waals surface area contributed by atoms with E-state index in [0.717, 1.165) is 5.56 Å². The van der Waals surface area contributed by atoms with E-state index in [1.807, 2.05) is 6.07 Å². The summed E-state index contributed by atoms with van der Waals surface area (Å²) < 4.78 is 5.12. The molecule has 0 atom stereocenters. The van der Waals surface area contributed by atoms with Crippen LogP contribution >= 0.6 is 0 Å². The molecule has 1 heterocycles. The van der Waals surface area contributed by atoms with Crippen LogP contribution in [0.25, 0.3) is 0 Å². The van der Waals surface area contributed by atoms with Gasteiger partial charge in [-0.05, 0) is 11.6 Å². The molecule has 1 aliphatic heterocycles. The van der Waals surface area contributed by atoms with Gasteiger partial charge in [-0.15, -0.1) is 0 Å². The van der Waals surface area contributed by atoms with E-state index in [0.29, 0.717) is 18.0 Å². The van der Waals surface area contributed by atoms with Gasteiger partial charge in [-0.3, -0.25) is 4.79 Å². The SMILES string of the molecule is NC(=O)COc1ccc2c(c1)NC(=O)NC2. The van der Waals surface area contributed by atoms with Gasteiger partial charge in [0.25, 0.3) is 5.91 Å². The van der Waals surface area contributed by atoms with Crippen molar-refractivity contribution in [1.82, 2.24) is 5.32 Å². The molecule has 0 spiro atoms. The summed E-state index contributed by atoms with van der Waals surface area (Å²) in [5.74, 6) is -0.0387. The molecule has 0 saturated carbocycles. The molecule has 6 nitrogen and oxygen atoms in total. The van der Waals surface area contributed by atoms with Gasteiger partial charge in [-0.1, -0.05) is 6.07 Å². The van der Waals surface area contributed by atoms with Crippen LogP contribution < -0.4 is 21.1 Å². The Bertz CT molecular complexity index is 445. The third-order valence-corrected chi connectivity index (χ3v) is 2.15. The van der Waals surface area contributed by atoms with Crippen molar-refractivity contribution in [3.05, 3.63) is 23.8 Å². The number of rotatable bonds is 3. The molecule has 0 unspecified atom stereocenters. The lowest BCUT2D eigenvalue weighted by molar-refractivity contribution is -0.119. The predicted octanol–water partition coefficient (Wildman–Crippen LogP) is 0.186. The zero-order valence-corrected chi connectivity index (χ0v) is 8.45. The number of amides is 3. The Hall–Kier alpha value is -2.24. The first-order valence-electron chi connectivity index (χ1n) is 4.74. The van der Waals surface area contributed by atoms with Crippen molar-refractivity contribution in [2.45, 2.75) is 6.54 Å². The fraction of sp³-hybridized carbons (Fsp3) is 0.200. The average molecular weight is 221 g/mol. The standard InChI is InChI=1S/C10H11N3O3/c11-9(14)5-16-7-2-1-6-4-12-10(15)13-8(6)3-7/h1-3H,4-5H2,(H2,11,14)(H2,12,13,15). The maximum atomic E-state index is 11.1. The summed E-state index contributed by atoms with van der Waals surface area (Å²) in [6, 6.07) is 4.95. The fourth-order valence-corrected chi connectivity index (χ4v) is 1.41. The summed E-state index contributed by atoms with van der Waals surface area (Å²) in [6.07, 6.45) is 0. The average Bonchev–Trinajstić information content (AvgIpc) is 2.25. The quantitative estimate of drug-likeness (QED) is 0.679. The number of primary amides is 1. The van der Waals surface area contributed by atoms with Gasteiger partial charge in [-0.2, -0.15) is 0 Å². The lowest BCUT2D eigenvalue weighted by Crippen LogP contribution is -2.33. The van der Waals surface area contributed by atoms with Crippen molar-refractivity contribution in [3.8, 4) is 5.75 Å². The monoisotopic (exact) mass is 221 g/mol. The van der Waals surface area contributed by atoms with Crippen LogP contribution in [-0.4, -0.2) is 18.5 Å². The zero-order chi connectivity index (χ0) is 11.5. The second kappa shape index (κ2) is 4.09. The molecule has 1 aromatic carbocycles. The highest BCUT2D eigenvalue weighted by molar-refractivity contribution is 5.92. The molecule has 6 heteroatoms. The molecule has 84 valence electrons. The third kappa shape index (κ3) is 2.22. The van der Waals surface area contributed by atoms with Crippen LogP contribution in [-0.2, 0) is 11.3 Å². The summed E-state index contributed by atoms with van der Waals surface area (Å²) in [4.78, 5) is 21.6. The van der Waals surface area contributed by atoms with E-state index < -0.39 is 5.91 Å². The Morgan fingerprint density at radius 3 is 3.06 bits per heavy atom. The normalized spacial score (nSPS) is 13.4. The highest BCUT2D eigenvalue weighted by atomic mass is 16.5. The van der Waals surface area contributed by atoms with Gasteiger partial charge in [0, 0.05) is 12.6 Å². The van der Waals surface area contributed by atoms with E-state index in [4.69, 9.17) is 10.5 Å².